The second kappa shape index (κ2) is 11.0. The number of aromatic nitrogens is 2. The van der Waals surface area contributed by atoms with Crippen LogP contribution in [0, 0.1) is 6.92 Å². The van der Waals surface area contributed by atoms with E-state index in [9.17, 15) is 13.2 Å². The molecule has 2 N–H and O–H groups in total. The fraction of sp³-hybridized carbons (Fsp3) is 0.100. The smallest absolute Gasteiger partial charge is 0.261 e. The van der Waals surface area contributed by atoms with Gasteiger partial charge in [0.15, 0.2) is 11.6 Å². The number of nitrogens with zero attached hydrogens (tertiary/aromatic N) is 3. The van der Waals surface area contributed by atoms with Crippen molar-refractivity contribution in [1.29, 1.82) is 0 Å². The van der Waals surface area contributed by atoms with Crippen molar-refractivity contribution < 1.29 is 13.2 Å². The SMILES string of the molecule is Cc1ccc(S(=O)(=O)Nc2ccc(-c3nc(NN4C(=O)CSC4c4ccc(Cl)cc4)c4ccccc4n3)cc2)cc1. The highest BCUT2D eigenvalue weighted by atomic mass is 35.5. The summed E-state index contributed by atoms with van der Waals surface area (Å²) in [7, 11) is -3.73. The van der Waals surface area contributed by atoms with Gasteiger partial charge in [-0.15, -0.1) is 11.8 Å². The number of sulfonamides is 1. The van der Waals surface area contributed by atoms with Gasteiger partial charge in [-0.2, -0.15) is 0 Å². The first kappa shape index (κ1) is 27.1. The largest absolute Gasteiger partial charge is 0.280 e. The molecule has 0 spiro atoms. The highest BCUT2D eigenvalue weighted by molar-refractivity contribution is 8.00. The third-order valence-corrected chi connectivity index (χ3v) is 9.44. The summed E-state index contributed by atoms with van der Waals surface area (Å²) < 4.78 is 28.2. The lowest BCUT2D eigenvalue weighted by atomic mass is 10.1. The molecule has 1 fully saturated rings. The first-order valence-corrected chi connectivity index (χ1v) is 15.6. The highest BCUT2D eigenvalue weighted by Crippen LogP contribution is 2.39. The Balaban J connectivity index is 1.30. The fourth-order valence-corrected chi connectivity index (χ4v) is 6.74. The van der Waals surface area contributed by atoms with Gasteiger partial charge in [0.2, 0.25) is 0 Å². The number of hydrogen-bond acceptors (Lipinski definition) is 7. The summed E-state index contributed by atoms with van der Waals surface area (Å²) in [5.74, 6) is 1.19. The summed E-state index contributed by atoms with van der Waals surface area (Å²) in [6.45, 7) is 1.90. The number of hydrogen-bond donors (Lipinski definition) is 2. The number of halogens is 1. The number of para-hydroxylation sites is 1. The van der Waals surface area contributed by atoms with E-state index in [1.807, 2.05) is 43.3 Å². The van der Waals surface area contributed by atoms with E-state index in [4.69, 9.17) is 21.6 Å². The molecular formula is C30H24ClN5O3S2. The number of rotatable bonds is 7. The lowest BCUT2D eigenvalue weighted by Gasteiger charge is -2.26. The van der Waals surface area contributed by atoms with Crippen molar-refractivity contribution >= 4 is 61.7 Å². The molecule has 0 saturated carbocycles. The maximum atomic E-state index is 12.9. The van der Waals surface area contributed by atoms with E-state index in [1.165, 1.54) is 11.8 Å². The second-order valence-electron chi connectivity index (χ2n) is 9.50. The van der Waals surface area contributed by atoms with Gasteiger partial charge in [-0.05, 0) is 73.2 Å². The van der Waals surface area contributed by atoms with Gasteiger partial charge in [-0.1, -0.05) is 53.6 Å². The Morgan fingerprint density at radius 2 is 1.61 bits per heavy atom. The van der Waals surface area contributed by atoms with Crippen LogP contribution in [0.1, 0.15) is 16.5 Å². The Morgan fingerprint density at radius 3 is 2.34 bits per heavy atom. The number of carbonyl (C=O) groups is 1. The third kappa shape index (κ3) is 5.72. The summed E-state index contributed by atoms with van der Waals surface area (Å²) in [5, 5.41) is 2.73. The number of anilines is 2. The molecule has 1 aliphatic rings. The molecule has 0 aliphatic carbocycles. The minimum absolute atomic E-state index is 0.0654. The molecular weight excluding hydrogens is 578 g/mol. The molecule has 2 heterocycles. The molecule has 0 bridgehead atoms. The van der Waals surface area contributed by atoms with E-state index >= 15 is 0 Å². The topological polar surface area (TPSA) is 104 Å². The van der Waals surface area contributed by atoms with Crippen molar-refractivity contribution in [1.82, 2.24) is 15.0 Å². The summed E-state index contributed by atoms with van der Waals surface area (Å²) in [4.78, 5) is 22.6. The fourth-order valence-electron chi connectivity index (χ4n) is 4.44. The van der Waals surface area contributed by atoms with Crippen molar-refractivity contribution in [2.24, 2.45) is 0 Å². The molecule has 6 rings (SSSR count). The van der Waals surface area contributed by atoms with E-state index in [2.05, 4.69) is 10.1 Å². The predicted octanol–water partition coefficient (Wildman–Crippen LogP) is 6.66. The molecule has 11 heteroatoms. The maximum Gasteiger partial charge on any atom is 0.261 e. The average Bonchev–Trinajstić information content (AvgIpc) is 3.33. The zero-order valence-electron chi connectivity index (χ0n) is 21.8. The minimum atomic E-state index is -3.73. The van der Waals surface area contributed by atoms with E-state index in [1.54, 1.807) is 65.7 Å². The quantitative estimate of drug-likeness (QED) is 0.215. The molecule has 1 aliphatic heterocycles. The van der Waals surface area contributed by atoms with E-state index in [0.29, 0.717) is 39.2 Å². The number of benzene rings is 4. The molecule has 0 radical (unpaired) electrons. The first-order chi connectivity index (χ1) is 19.8. The van der Waals surface area contributed by atoms with E-state index < -0.39 is 10.0 Å². The van der Waals surface area contributed by atoms with Crippen LogP contribution >= 0.6 is 23.4 Å². The molecule has 206 valence electrons. The molecule has 1 saturated heterocycles. The predicted molar refractivity (Wildman–Crippen MR) is 164 cm³/mol. The zero-order valence-corrected chi connectivity index (χ0v) is 24.2. The summed E-state index contributed by atoms with van der Waals surface area (Å²) in [5.41, 5.74) is 6.99. The van der Waals surface area contributed by atoms with Crippen LogP contribution in [0.4, 0.5) is 11.5 Å². The lowest BCUT2D eigenvalue weighted by molar-refractivity contribution is -0.126. The standard InChI is InChI=1S/C30H24ClN5O3S2/c1-19-6-16-24(17-7-19)41(38,39)35-23-14-10-20(11-15-23)28-32-26-5-3-2-4-25(26)29(33-28)34-36-27(37)18-40-30(36)21-8-12-22(31)13-9-21/h2-17,30,35H,18H2,1H3,(H,32,33,34). The zero-order chi connectivity index (χ0) is 28.6. The molecule has 1 aromatic heterocycles. The van der Waals surface area contributed by atoms with Gasteiger partial charge in [0.05, 0.1) is 16.2 Å². The number of carbonyl (C=O) groups excluding carboxylic acids is 1. The molecule has 1 unspecified atom stereocenters. The molecule has 8 nitrogen and oxygen atoms in total. The van der Waals surface area contributed by atoms with Gasteiger partial charge >= 0.3 is 0 Å². The Bertz CT molecular complexity index is 1850. The van der Waals surface area contributed by atoms with Crippen LogP contribution in [-0.2, 0) is 14.8 Å². The van der Waals surface area contributed by atoms with Gasteiger partial charge in [0.25, 0.3) is 15.9 Å². The summed E-state index contributed by atoms with van der Waals surface area (Å²) in [6.07, 6.45) is 0. The normalized spacial score (nSPS) is 15.3. The number of thioether (sulfide) groups is 1. The third-order valence-electron chi connectivity index (χ3n) is 6.58. The number of fused-ring (bicyclic) bond motifs is 1. The van der Waals surface area contributed by atoms with Crippen molar-refractivity contribution in [3.05, 3.63) is 113 Å². The molecule has 4 aromatic carbocycles. The van der Waals surface area contributed by atoms with Crippen LogP contribution in [0.3, 0.4) is 0 Å². The summed E-state index contributed by atoms with van der Waals surface area (Å²) in [6, 6.07) is 28.5. The van der Waals surface area contributed by atoms with Gasteiger partial charge < -0.3 is 0 Å². The van der Waals surface area contributed by atoms with Crippen LogP contribution in [0.25, 0.3) is 22.3 Å². The van der Waals surface area contributed by atoms with Crippen LogP contribution in [0.5, 0.6) is 0 Å². The second-order valence-corrected chi connectivity index (χ2v) is 12.7. The first-order valence-electron chi connectivity index (χ1n) is 12.7. The highest BCUT2D eigenvalue weighted by Gasteiger charge is 2.34. The van der Waals surface area contributed by atoms with Crippen LogP contribution in [0.2, 0.25) is 5.02 Å². The lowest BCUT2D eigenvalue weighted by Crippen LogP contribution is -2.34. The van der Waals surface area contributed by atoms with Gasteiger partial charge in [0, 0.05) is 21.7 Å². The van der Waals surface area contributed by atoms with Crippen molar-refractivity contribution in [2.45, 2.75) is 17.2 Å². The van der Waals surface area contributed by atoms with Gasteiger partial charge in [-0.25, -0.2) is 23.4 Å². The number of aryl methyl sites for hydroxylation is 1. The Kier molecular flexibility index (Phi) is 7.29. The van der Waals surface area contributed by atoms with Crippen LogP contribution in [0.15, 0.2) is 102 Å². The van der Waals surface area contributed by atoms with E-state index in [-0.39, 0.29) is 16.2 Å². The molecule has 41 heavy (non-hydrogen) atoms. The average molecular weight is 602 g/mol. The maximum absolute atomic E-state index is 12.9. The van der Waals surface area contributed by atoms with Gasteiger partial charge in [0.1, 0.15) is 5.37 Å². The van der Waals surface area contributed by atoms with Gasteiger partial charge in [-0.3, -0.25) is 14.9 Å². The monoisotopic (exact) mass is 601 g/mol. The minimum Gasteiger partial charge on any atom is -0.280 e. The van der Waals surface area contributed by atoms with E-state index in [0.717, 1.165) is 16.5 Å². The van der Waals surface area contributed by atoms with Crippen molar-refractivity contribution in [3.8, 4) is 11.4 Å². The molecule has 1 atom stereocenters. The number of hydrazine groups is 1. The molecule has 5 aromatic rings. The Labute approximate surface area is 246 Å². The number of nitrogens with one attached hydrogen (secondary N) is 2. The van der Waals surface area contributed by atoms with Crippen molar-refractivity contribution in [2.75, 3.05) is 15.9 Å². The summed E-state index contributed by atoms with van der Waals surface area (Å²) >= 11 is 7.59. The number of amides is 1. The molecule has 1 amide bonds. The van der Waals surface area contributed by atoms with Crippen molar-refractivity contribution in [3.63, 3.8) is 0 Å². The van der Waals surface area contributed by atoms with Crippen LogP contribution in [-0.4, -0.2) is 35.1 Å². The Morgan fingerprint density at radius 1 is 0.902 bits per heavy atom. The van der Waals surface area contributed by atoms with Crippen LogP contribution < -0.4 is 10.1 Å². The Hall–Kier alpha value is -4.12.